The van der Waals surface area contributed by atoms with Gasteiger partial charge in [-0.25, -0.2) is 4.79 Å². The molecule has 292 valence electrons. The van der Waals surface area contributed by atoms with E-state index in [0.717, 1.165) is 17.5 Å². The predicted octanol–water partition coefficient (Wildman–Crippen LogP) is 7.82. The minimum Gasteiger partial charge on any atom is -0.444 e. The van der Waals surface area contributed by atoms with Crippen LogP contribution in [0.5, 0.6) is 0 Å². The van der Waals surface area contributed by atoms with Crippen molar-refractivity contribution in [2.45, 2.75) is 149 Å². The molecule has 2 aliphatic rings. The number of carbonyl (C=O) groups is 3. The molecular formula is C44H61BN2O7. The minimum atomic E-state index is -1.02. The first-order chi connectivity index (χ1) is 25.4. The van der Waals surface area contributed by atoms with Gasteiger partial charge in [0.2, 0.25) is 7.85 Å². The summed E-state index contributed by atoms with van der Waals surface area (Å²) in [6.45, 7) is 17.2. The van der Waals surface area contributed by atoms with Crippen LogP contribution in [0, 0.1) is 24.2 Å². The maximum Gasteiger partial charge on any atom is 0.413 e. The number of hydrogen-bond donors (Lipinski definition) is 1. The minimum absolute atomic E-state index is 0.210. The summed E-state index contributed by atoms with van der Waals surface area (Å²) < 4.78 is 16.2. The molecule has 54 heavy (non-hydrogen) atoms. The summed E-state index contributed by atoms with van der Waals surface area (Å²) in [4.78, 5) is 37.1. The van der Waals surface area contributed by atoms with Crippen molar-refractivity contribution in [2.24, 2.45) is 0 Å². The molecule has 0 spiro atoms. The smallest absolute Gasteiger partial charge is 0.413 e. The zero-order valence-electron chi connectivity index (χ0n) is 33.9. The Morgan fingerprint density at radius 2 is 1.37 bits per heavy atom. The number of rotatable bonds is 10. The van der Waals surface area contributed by atoms with Gasteiger partial charge in [0.25, 0.3) is 0 Å². The third-order valence-electron chi connectivity index (χ3n) is 8.96. The second-order valence-electron chi connectivity index (χ2n) is 15.5. The van der Waals surface area contributed by atoms with Gasteiger partial charge in [0, 0.05) is 11.1 Å². The fourth-order valence-electron chi connectivity index (χ4n) is 6.03. The van der Waals surface area contributed by atoms with Crippen molar-refractivity contribution >= 4 is 26.0 Å². The van der Waals surface area contributed by atoms with Crippen LogP contribution in [-0.4, -0.2) is 89.4 Å². The van der Waals surface area contributed by atoms with Gasteiger partial charge in [0.1, 0.15) is 35.5 Å². The number of aryl methyl sites for hydroxylation is 2. The quantitative estimate of drug-likeness (QED) is 0.115. The molecule has 9 nitrogen and oxygen atoms in total. The Morgan fingerprint density at radius 3 is 1.81 bits per heavy atom. The van der Waals surface area contributed by atoms with Crippen molar-refractivity contribution in [3.05, 3.63) is 70.8 Å². The number of hydrogen-bond acceptors (Lipinski definition) is 7. The molecule has 1 unspecified atom stereocenters. The van der Waals surface area contributed by atoms with Crippen LogP contribution in [0.4, 0.5) is 9.59 Å². The number of carbonyl (C=O) groups excluding carboxylic acids is 3. The zero-order chi connectivity index (χ0) is 40.5. The molecule has 2 aromatic rings. The van der Waals surface area contributed by atoms with Crippen LogP contribution in [-0.2, 0) is 31.8 Å². The van der Waals surface area contributed by atoms with Gasteiger partial charge in [0.15, 0.2) is 5.81 Å². The topological polar surface area (TPSA) is 106 Å². The number of aliphatic hydroxyl groups excluding tert-OH is 1. The Hall–Kier alpha value is -4.09. The second kappa shape index (κ2) is 21.7. The predicted molar refractivity (Wildman–Crippen MR) is 215 cm³/mol. The molecular weight excluding hydrogens is 679 g/mol. The molecule has 0 bridgehead atoms. The van der Waals surface area contributed by atoms with Gasteiger partial charge in [-0.1, -0.05) is 81.6 Å². The van der Waals surface area contributed by atoms with E-state index >= 15 is 0 Å². The average molecular weight is 741 g/mol. The Labute approximate surface area is 325 Å². The lowest BCUT2D eigenvalue weighted by molar-refractivity contribution is -0.113. The Morgan fingerprint density at radius 1 is 0.889 bits per heavy atom. The Kier molecular flexibility index (Phi) is 18.5. The van der Waals surface area contributed by atoms with Crippen LogP contribution in [0.3, 0.4) is 0 Å². The number of aliphatic hydroxyl groups is 1. The van der Waals surface area contributed by atoms with Crippen LogP contribution < -0.4 is 0 Å². The number of aldehydes is 1. The molecule has 10 heteroatoms. The van der Waals surface area contributed by atoms with Crippen LogP contribution in [0.25, 0.3) is 0 Å². The van der Waals surface area contributed by atoms with E-state index in [0.29, 0.717) is 6.29 Å². The second-order valence-corrected chi connectivity index (χ2v) is 15.5. The van der Waals surface area contributed by atoms with Gasteiger partial charge in [-0.15, -0.1) is 6.42 Å². The van der Waals surface area contributed by atoms with Crippen molar-refractivity contribution < 1.29 is 33.7 Å². The summed E-state index contributed by atoms with van der Waals surface area (Å²) in [5, 5.41) is 10.4. The molecule has 0 aromatic heterocycles. The van der Waals surface area contributed by atoms with E-state index in [1.807, 2.05) is 24.3 Å². The van der Waals surface area contributed by atoms with Gasteiger partial charge in [-0.3, -0.25) is 9.69 Å². The monoisotopic (exact) mass is 740 g/mol. The summed E-state index contributed by atoms with van der Waals surface area (Å²) in [5.74, 6) is 7.78. The number of amides is 2. The third kappa shape index (κ3) is 15.0. The maximum atomic E-state index is 11.9. The molecule has 2 aromatic carbocycles. The van der Waals surface area contributed by atoms with Gasteiger partial charge < -0.3 is 29.0 Å². The van der Waals surface area contributed by atoms with Gasteiger partial charge in [-0.2, -0.15) is 0 Å². The molecule has 2 saturated heterocycles. The number of ether oxygens (including phenoxy) is 3. The largest absolute Gasteiger partial charge is 0.444 e. The highest BCUT2D eigenvalue weighted by Crippen LogP contribution is 2.29. The number of benzene rings is 2. The van der Waals surface area contributed by atoms with E-state index < -0.39 is 47.1 Å². The fourth-order valence-corrected chi connectivity index (χ4v) is 6.03. The highest BCUT2D eigenvalue weighted by Gasteiger charge is 2.46. The number of nitrogens with zero attached hydrogens (tertiary/aromatic N) is 2. The molecule has 2 heterocycles. The molecule has 3 atom stereocenters. The molecule has 0 saturated carbocycles. The van der Waals surface area contributed by atoms with Gasteiger partial charge in [0.05, 0.1) is 19.3 Å². The molecule has 1 N–H and O–H groups in total. The number of unbranched alkanes of at least 4 members (excludes halogenated alkanes) is 4. The first kappa shape index (κ1) is 46.1. The van der Waals surface area contributed by atoms with Crippen LogP contribution in [0.1, 0.15) is 123 Å². The Bertz CT molecular complexity index is 1580. The van der Waals surface area contributed by atoms with Crippen molar-refractivity contribution in [3.8, 4) is 24.2 Å². The molecule has 2 aliphatic heterocycles. The highest BCUT2D eigenvalue weighted by atomic mass is 16.6. The van der Waals surface area contributed by atoms with E-state index in [-0.39, 0.29) is 13.2 Å². The highest BCUT2D eigenvalue weighted by molar-refractivity contribution is 6.57. The third-order valence-corrected chi connectivity index (χ3v) is 8.96. The first-order valence-corrected chi connectivity index (χ1v) is 19.1. The van der Waals surface area contributed by atoms with E-state index in [9.17, 15) is 19.5 Å². The maximum absolute atomic E-state index is 11.9. The molecule has 4 rings (SSSR count). The average Bonchev–Trinajstić information content (AvgIpc) is 3.62. The lowest BCUT2D eigenvalue weighted by atomic mass is 10.0. The lowest BCUT2D eigenvalue weighted by Gasteiger charge is -2.34. The van der Waals surface area contributed by atoms with Gasteiger partial charge in [-0.05, 0) is 110 Å². The molecule has 2 fully saturated rings. The fraction of sp³-hybridized carbons (Fsp3) is 0.568. The lowest BCUT2D eigenvalue weighted by Crippen LogP contribution is -2.51. The zero-order valence-corrected chi connectivity index (χ0v) is 33.9. The summed E-state index contributed by atoms with van der Waals surface area (Å²) in [6.07, 6.45) is 14.2. The van der Waals surface area contributed by atoms with Crippen molar-refractivity contribution in [3.63, 3.8) is 0 Å². The first-order valence-electron chi connectivity index (χ1n) is 19.1. The van der Waals surface area contributed by atoms with Crippen molar-refractivity contribution in [1.82, 2.24) is 9.80 Å². The van der Waals surface area contributed by atoms with E-state index in [1.54, 1.807) is 48.5 Å². The molecule has 2 amide bonds. The molecule has 2 radical (unpaired) electrons. The Balaban J connectivity index is 0.000000300. The van der Waals surface area contributed by atoms with E-state index in [4.69, 9.17) is 28.5 Å². The van der Waals surface area contributed by atoms with Crippen LogP contribution in [0.15, 0.2) is 48.5 Å². The van der Waals surface area contributed by atoms with Crippen LogP contribution in [0.2, 0.25) is 0 Å². The van der Waals surface area contributed by atoms with Crippen LogP contribution >= 0.6 is 0 Å². The van der Waals surface area contributed by atoms with Crippen molar-refractivity contribution in [2.75, 3.05) is 13.2 Å². The normalized spacial score (nSPS) is 18.8. The SMILES string of the molecule is C#Cc1ccc(CCCCC)cc1.CC(C)(C)OC(=O)N1C(C=O)COC1(C)C.[B]C(=O)N1[C@@H]([C@@H](O)C#Cc2ccc(CCCCC)cc2)COC1(C)C. The standard InChI is InChI=1S/C20H26BNO3.C13H16.C11H19NO4/c1-4-5-6-7-15-8-10-16(11-9-15)12-13-18(23)17-14-25-20(2,3)22(17)19(21)24;1-3-5-6-7-13-10-8-12(4-2)9-11-13;1-10(2,3)16-9(14)12-8(6-13)7-15-11(12,4)5/h8-11,17-18,23H,4-7,14H2,1-3H3;2,8-11H,3,5-7H2,1H3;6,8H,7H2,1-5H3/t17-,18+;;/m1../s1. The van der Waals surface area contributed by atoms with E-state index in [2.05, 4.69) is 55.9 Å². The van der Waals surface area contributed by atoms with Crippen molar-refractivity contribution in [1.29, 1.82) is 0 Å². The number of terminal acetylenes is 1. The summed E-state index contributed by atoms with van der Waals surface area (Å²) in [7, 11) is 5.42. The van der Waals surface area contributed by atoms with Gasteiger partial charge >= 0.3 is 6.09 Å². The summed E-state index contributed by atoms with van der Waals surface area (Å²) in [6, 6.07) is 15.2. The summed E-state index contributed by atoms with van der Waals surface area (Å²) >= 11 is 0. The molecule has 0 aliphatic carbocycles. The summed E-state index contributed by atoms with van der Waals surface area (Å²) in [5.41, 5.74) is 2.29. The van der Waals surface area contributed by atoms with E-state index in [1.165, 1.54) is 65.9 Å².